The molecule has 0 atom stereocenters. The maximum absolute atomic E-state index is 10.9. The summed E-state index contributed by atoms with van der Waals surface area (Å²) in [6.45, 7) is 6.33. The topological polar surface area (TPSA) is 70.4 Å². The number of piperazine rings is 1. The van der Waals surface area contributed by atoms with Gasteiger partial charge >= 0.3 is 0 Å². The van der Waals surface area contributed by atoms with Gasteiger partial charge in [0.2, 0.25) is 5.91 Å². The van der Waals surface area contributed by atoms with Crippen LogP contribution in [0.5, 0.6) is 0 Å². The summed E-state index contributed by atoms with van der Waals surface area (Å²) in [5.41, 5.74) is 6.76. The van der Waals surface area contributed by atoms with Gasteiger partial charge in [0.25, 0.3) is 0 Å². The Labute approximate surface area is 107 Å². The molecule has 5 heteroatoms. The highest BCUT2D eigenvalue weighted by atomic mass is 16.1. The lowest BCUT2D eigenvalue weighted by Gasteiger charge is -2.27. The van der Waals surface area contributed by atoms with Crippen LogP contribution in [0.25, 0.3) is 0 Å². The molecule has 18 heavy (non-hydrogen) atoms. The van der Waals surface area contributed by atoms with Gasteiger partial charge in [0.05, 0.1) is 0 Å². The molecule has 1 aromatic carbocycles. The SMILES string of the molecule is NC(=O)c1ccc(NCCN2CCNCC2)cc1. The highest BCUT2D eigenvalue weighted by Gasteiger charge is 2.08. The molecule has 2 rings (SSSR count). The largest absolute Gasteiger partial charge is 0.384 e. The minimum atomic E-state index is -0.387. The van der Waals surface area contributed by atoms with Crippen molar-refractivity contribution >= 4 is 11.6 Å². The maximum Gasteiger partial charge on any atom is 0.248 e. The molecule has 0 aliphatic carbocycles. The van der Waals surface area contributed by atoms with Gasteiger partial charge in [-0.3, -0.25) is 9.69 Å². The summed E-state index contributed by atoms with van der Waals surface area (Å²) in [5, 5.41) is 6.68. The lowest BCUT2D eigenvalue weighted by atomic mass is 10.2. The van der Waals surface area contributed by atoms with E-state index in [1.807, 2.05) is 12.1 Å². The third kappa shape index (κ3) is 3.72. The van der Waals surface area contributed by atoms with E-state index in [2.05, 4.69) is 15.5 Å². The Morgan fingerprint density at radius 3 is 2.56 bits per heavy atom. The van der Waals surface area contributed by atoms with Crippen LogP contribution in [0.4, 0.5) is 5.69 Å². The molecule has 1 fully saturated rings. The number of benzene rings is 1. The van der Waals surface area contributed by atoms with E-state index in [-0.39, 0.29) is 5.91 Å². The number of hydrogen-bond donors (Lipinski definition) is 3. The van der Waals surface area contributed by atoms with Crippen LogP contribution in [0.1, 0.15) is 10.4 Å². The predicted octanol–water partition coefficient (Wildman–Crippen LogP) is 0.103. The number of nitrogens with zero attached hydrogens (tertiary/aromatic N) is 1. The Morgan fingerprint density at radius 2 is 1.94 bits per heavy atom. The number of carbonyl (C=O) groups is 1. The number of primary amides is 1. The fourth-order valence-electron chi connectivity index (χ4n) is 2.05. The molecular weight excluding hydrogens is 228 g/mol. The molecular formula is C13H20N4O. The van der Waals surface area contributed by atoms with Gasteiger partial charge < -0.3 is 16.4 Å². The number of rotatable bonds is 5. The molecule has 0 bridgehead atoms. The summed E-state index contributed by atoms with van der Waals surface area (Å²) >= 11 is 0. The van der Waals surface area contributed by atoms with Gasteiger partial charge in [-0.1, -0.05) is 0 Å². The van der Waals surface area contributed by atoms with Crippen molar-refractivity contribution in [2.24, 2.45) is 5.73 Å². The number of nitrogens with one attached hydrogen (secondary N) is 2. The highest BCUT2D eigenvalue weighted by molar-refractivity contribution is 5.93. The molecule has 0 aromatic heterocycles. The van der Waals surface area contributed by atoms with Crippen LogP contribution < -0.4 is 16.4 Å². The Morgan fingerprint density at radius 1 is 1.28 bits per heavy atom. The maximum atomic E-state index is 10.9. The number of hydrogen-bond acceptors (Lipinski definition) is 4. The van der Waals surface area contributed by atoms with Crippen molar-refractivity contribution in [2.75, 3.05) is 44.6 Å². The van der Waals surface area contributed by atoms with Crippen molar-refractivity contribution in [3.05, 3.63) is 29.8 Å². The summed E-state index contributed by atoms with van der Waals surface area (Å²) in [7, 11) is 0. The molecule has 4 N–H and O–H groups in total. The fraction of sp³-hybridized carbons (Fsp3) is 0.462. The molecule has 1 aliphatic heterocycles. The first kappa shape index (κ1) is 12.9. The first-order valence-corrected chi connectivity index (χ1v) is 6.32. The first-order valence-electron chi connectivity index (χ1n) is 6.32. The first-order chi connectivity index (χ1) is 8.75. The van der Waals surface area contributed by atoms with Crippen molar-refractivity contribution in [1.29, 1.82) is 0 Å². The predicted molar refractivity (Wildman–Crippen MR) is 72.8 cm³/mol. The average Bonchev–Trinajstić information content (AvgIpc) is 2.40. The van der Waals surface area contributed by atoms with E-state index in [9.17, 15) is 4.79 Å². The Bertz CT molecular complexity index is 384. The third-order valence-corrected chi connectivity index (χ3v) is 3.14. The van der Waals surface area contributed by atoms with Crippen LogP contribution in [-0.2, 0) is 0 Å². The van der Waals surface area contributed by atoms with E-state index >= 15 is 0 Å². The average molecular weight is 248 g/mol. The Kier molecular flexibility index (Phi) is 4.55. The van der Waals surface area contributed by atoms with E-state index in [1.165, 1.54) is 0 Å². The molecule has 0 unspecified atom stereocenters. The lowest BCUT2D eigenvalue weighted by Crippen LogP contribution is -2.45. The number of nitrogens with two attached hydrogens (primary N) is 1. The molecule has 0 saturated carbocycles. The molecule has 1 aliphatic rings. The lowest BCUT2D eigenvalue weighted by molar-refractivity contribution is 0.100. The van der Waals surface area contributed by atoms with Crippen molar-refractivity contribution in [3.63, 3.8) is 0 Å². The molecule has 1 aromatic rings. The van der Waals surface area contributed by atoms with Crippen molar-refractivity contribution in [1.82, 2.24) is 10.2 Å². The minimum Gasteiger partial charge on any atom is -0.384 e. The van der Waals surface area contributed by atoms with Crippen molar-refractivity contribution in [2.45, 2.75) is 0 Å². The summed E-state index contributed by atoms with van der Waals surface area (Å²) in [4.78, 5) is 13.4. The monoisotopic (exact) mass is 248 g/mol. The van der Waals surface area contributed by atoms with E-state index in [0.717, 1.165) is 45.0 Å². The zero-order chi connectivity index (χ0) is 12.8. The summed E-state index contributed by atoms with van der Waals surface area (Å²) in [6.07, 6.45) is 0. The van der Waals surface area contributed by atoms with Gasteiger partial charge in [-0.15, -0.1) is 0 Å². The van der Waals surface area contributed by atoms with Gasteiger partial charge in [0.1, 0.15) is 0 Å². The standard InChI is InChI=1S/C13H20N4O/c14-13(18)11-1-3-12(4-2-11)16-7-10-17-8-5-15-6-9-17/h1-4,15-16H,5-10H2,(H2,14,18). The van der Waals surface area contributed by atoms with Crippen LogP contribution in [0.15, 0.2) is 24.3 Å². The molecule has 98 valence electrons. The van der Waals surface area contributed by atoms with Gasteiger partial charge in [-0.2, -0.15) is 0 Å². The van der Waals surface area contributed by atoms with Crippen LogP contribution in [0.2, 0.25) is 0 Å². The van der Waals surface area contributed by atoms with Gasteiger partial charge in [-0.05, 0) is 24.3 Å². The Balaban J connectivity index is 1.74. The molecule has 0 spiro atoms. The number of carbonyl (C=O) groups excluding carboxylic acids is 1. The number of anilines is 1. The normalized spacial score (nSPS) is 16.4. The fourth-order valence-corrected chi connectivity index (χ4v) is 2.05. The highest BCUT2D eigenvalue weighted by Crippen LogP contribution is 2.08. The molecule has 1 saturated heterocycles. The zero-order valence-corrected chi connectivity index (χ0v) is 10.5. The van der Waals surface area contributed by atoms with Gasteiger partial charge in [0.15, 0.2) is 0 Å². The second kappa shape index (κ2) is 6.37. The van der Waals surface area contributed by atoms with Crippen LogP contribution in [0.3, 0.4) is 0 Å². The molecule has 5 nitrogen and oxygen atoms in total. The molecule has 1 heterocycles. The quantitative estimate of drug-likeness (QED) is 0.691. The summed E-state index contributed by atoms with van der Waals surface area (Å²) in [6, 6.07) is 7.26. The van der Waals surface area contributed by atoms with E-state index in [1.54, 1.807) is 12.1 Å². The van der Waals surface area contributed by atoms with Crippen LogP contribution >= 0.6 is 0 Å². The summed E-state index contributed by atoms with van der Waals surface area (Å²) < 4.78 is 0. The summed E-state index contributed by atoms with van der Waals surface area (Å²) in [5.74, 6) is -0.387. The van der Waals surface area contributed by atoms with Crippen molar-refractivity contribution < 1.29 is 4.79 Å². The van der Waals surface area contributed by atoms with Crippen molar-refractivity contribution in [3.8, 4) is 0 Å². The smallest absolute Gasteiger partial charge is 0.248 e. The van der Waals surface area contributed by atoms with Crippen LogP contribution in [-0.4, -0.2) is 50.1 Å². The number of amides is 1. The van der Waals surface area contributed by atoms with Crippen LogP contribution in [0, 0.1) is 0 Å². The Hall–Kier alpha value is -1.59. The molecule has 1 amide bonds. The zero-order valence-electron chi connectivity index (χ0n) is 10.5. The van der Waals surface area contributed by atoms with E-state index in [0.29, 0.717) is 5.56 Å². The third-order valence-electron chi connectivity index (χ3n) is 3.14. The second-order valence-electron chi connectivity index (χ2n) is 4.46. The van der Waals surface area contributed by atoms with E-state index < -0.39 is 0 Å². The van der Waals surface area contributed by atoms with Gasteiger partial charge in [0, 0.05) is 50.5 Å². The minimum absolute atomic E-state index is 0.387. The molecule has 0 radical (unpaired) electrons. The van der Waals surface area contributed by atoms with Gasteiger partial charge in [-0.25, -0.2) is 0 Å². The van der Waals surface area contributed by atoms with E-state index in [4.69, 9.17) is 5.73 Å². The second-order valence-corrected chi connectivity index (χ2v) is 4.46.